The smallest absolute Gasteiger partial charge is 0.167 e. The molecule has 5 atom stereocenters. The average Bonchev–Trinajstić information content (AvgIpc) is 2.76. The van der Waals surface area contributed by atoms with Gasteiger partial charge in [-0.1, -0.05) is 6.92 Å². The van der Waals surface area contributed by atoms with Gasteiger partial charge in [-0.15, -0.1) is 0 Å². The molecule has 124 valence electrons. The van der Waals surface area contributed by atoms with E-state index in [1.165, 1.54) is 11.1 Å². The first-order chi connectivity index (χ1) is 10.8. The van der Waals surface area contributed by atoms with Crippen LogP contribution in [0.3, 0.4) is 0 Å². The van der Waals surface area contributed by atoms with Crippen molar-refractivity contribution < 1.29 is 15.0 Å². The van der Waals surface area contributed by atoms with Gasteiger partial charge in [0.15, 0.2) is 5.78 Å². The molecule has 0 saturated heterocycles. The molecule has 0 radical (unpaired) electrons. The van der Waals surface area contributed by atoms with Gasteiger partial charge in [-0.25, -0.2) is 0 Å². The number of carbonyl (C=O) groups is 1. The molecule has 0 bridgehead atoms. The van der Waals surface area contributed by atoms with Crippen LogP contribution < -0.4 is 0 Å². The number of halogens is 2. The molecule has 2 fully saturated rings. The number of carbonyl (C=O) groups excluding carboxylic acids is 1. The maximum absolute atomic E-state index is 12.4. The highest BCUT2D eigenvalue weighted by Gasteiger charge is 2.58. The number of ketones is 1. The van der Waals surface area contributed by atoms with Crippen molar-refractivity contribution in [3.63, 3.8) is 0 Å². The third-order valence-electron chi connectivity index (χ3n) is 6.63. The molecular formula is C18H20Br2O3. The number of rotatable bonds is 0. The van der Waals surface area contributed by atoms with Gasteiger partial charge < -0.3 is 10.2 Å². The molecular weight excluding hydrogens is 424 g/mol. The Balaban J connectivity index is 1.77. The first-order valence-electron chi connectivity index (χ1n) is 8.26. The van der Waals surface area contributed by atoms with Gasteiger partial charge >= 0.3 is 0 Å². The maximum Gasteiger partial charge on any atom is 0.167 e. The molecule has 1 aromatic rings. The summed E-state index contributed by atoms with van der Waals surface area (Å²) in [7, 11) is 0. The Morgan fingerprint density at radius 1 is 1.30 bits per heavy atom. The lowest BCUT2D eigenvalue weighted by atomic mass is 9.55. The van der Waals surface area contributed by atoms with E-state index >= 15 is 0 Å². The Kier molecular flexibility index (Phi) is 3.71. The molecule has 0 heterocycles. The van der Waals surface area contributed by atoms with E-state index in [4.69, 9.17) is 0 Å². The van der Waals surface area contributed by atoms with E-state index in [2.05, 4.69) is 44.8 Å². The third kappa shape index (κ3) is 2.12. The number of hydrogen-bond acceptors (Lipinski definition) is 3. The van der Waals surface area contributed by atoms with E-state index in [0.29, 0.717) is 18.3 Å². The van der Waals surface area contributed by atoms with Gasteiger partial charge in [-0.2, -0.15) is 0 Å². The van der Waals surface area contributed by atoms with Gasteiger partial charge in [0.1, 0.15) is 11.9 Å². The molecule has 5 heteroatoms. The Labute approximate surface area is 152 Å². The summed E-state index contributed by atoms with van der Waals surface area (Å²) in [6.07, 6.45) is 3.61. The van der Waals surface area contributed by atoms with Crippen LogP contribution in [-0.2, 0) is 11.2 Å². The molecule has 4 unspecified atom stereocenters. The maximum atomic E-state index is 12.4. The minimum absolute atomic E-state index is 0.0554. The van der Waals surface area contributed by atoms with Crippen LogP contribution in [0.2, 0.25) is 0 Å². The number of aliphatic hydroxyl groups excluding tert-OH is 1. The van der Waals surface area contributed by atoms with Crippen molar-refractivity contribution in [1.29, 1.82) is 0 Å². The standard InChI is InChI=1S/C18H20Br2O3/c1-18-5-4-8-9(12(18)7-14(21)17(18)23)2-3-10-11(8)6-13(19)16(22)15(10)20/h6,8-9,12,14,21-22H,2-5,7H2,1H3/t8?,9?,12?,14?,18-/m0/s1. The second-order valence-corrected chi connectivity index (χ2v) is 9.22. The van der Waals surface area contributed by atoms with E-state index in [9.17, 15) is 15.0 Å². The highest BCUT2D eigenvalue weighted by molar-refractivity contribution is 9.11. The Morgan fingerprint density at radius 2 is 2.04 bits per heavy atom. The van der Waals surface area contributed by atoms with Crippen LogP contribution in [-0.4, -0.2) is 22.1 Å². The summed E-state index contributed by atoms with van der Waals surface area (Å²) < 4.78 is 1.52. The molecule has 4 rings (SSSR count). The summed E-state index contributed by atoms with van der Waals surface area (Å²) in [5.74, 6) is 1.48. The minimum Gasteiger partial charge on any atom is -0.506 e. The van der Waals surface area contributed by atoms with Gasteiger partial charge in [-0.05, 0) is 98.9 Å². The zero-order valence-corrected chi connectivity index (χ0v) is 16.2. The molecule has 1 aromatic carbocycles. The van der Waals surface area contributed by atoms with Gasteiger partial charge in [0.25, 0.3) is 0 Å². The molecule has 2 saturated carbocycles. The summed E-state index contributed by atoms with van der Waals surface area (Å²) in [4.78, 5) is 12.4. The molecule has 23 heavy (non-hydrogen) atoms. The van der Waals surface area contributed by atoms with Crippen LogP contribution in [0.5, 0.6) is 5.75 Å². The molecule has 0 aromatic heterocycles. The highest BCUT2D eigenvalue weighted by atomic mass is 79.9. The van der Waals surface area contributed by atoms with Crippen LogP contribution >= 0.6 is 31.9 Å². The SMILES string of the molecule is C[C@]12CCC3c4cc(Br)c(O)c(Br)c4CCC3C1CC(O)C2=O. The molecule has 3 aliphatic rings. The fraction of sp³-hybridized carbons (Fsp3) is 0.611. The second kappa shape index (κ2) is 5.30. The zero-order chi connectivity index (χ0) is 16.5. The quantitative estimate of drug-likeness (QED) is 0.627. The number of Topliss-reactive ketones (excluding diaryl/α,β-unsaturated/α-hetero) is 1. The third-order valence-corrected chi connectivity index (χ3v) is 8.09. The topological polar surface area (TPSA) is 57.5 Å². The van der Waals surface area contributed by atoms with Crippen LogP contribution in [0.15, 0.2) is 15.0 Å². The summed E-state index contributed by atoms with van der Waals surface area (Å²) in [6, 6.07) is 2.06. The van der Waals surface area contributed by atoms with Gasteiger partial charge in [-0.3, -0.25) is 4.79 Å². The normalized spacial score (nSPS) is 38.9. The van der Waals surface area contributed by atoms with E-state index in [1.807, 2.05) is 0 Å². The van der Waals surface area contributed by atoms with Crippen molar-refractivity contribution in [2.24, 2.45) is 17.3 Å². The number of phenolic OH excluding ortho intramolecular Hbond substituents is 1. The van der Waals surface area contributed by atoms with E-state index in [0.717, 1.165) is 34.6 Å². The lowest BCUT2D eigenvalue weighted by Gasteiger charge is -2.48. The minimum atomic E-state index is -0.775. The number of fused-ring (bicyclic) bond motifs is 5. The number of hydrogen-bond donors (Lipinski definition) is 2. The van der Waals surface area contributed by atoms with Crippen molar-refractivity contribution in [2.75, 3.05) is 0 Å². The number of aliphatic hydroxyl groups is 1. The van der Waals surface area contributed by atoms with E-state index in [-0.39, 0.29) is 22.9 Å². The molecule has 0 aliphatic heterocycles. The fourth-order valence-corrected chi connectivity index (χ4v) is 6.78. The summed E-state index contributed by atoms with van der Waals surface area (Å²) in [5.41, 5.74) is 2.16. The Hall–Kier alpha value is -0.390. The average molecular weight is 444 g/mol. The summed E-state index contributed by atoms with van der Waals surface area (Å²) in [5, 5.41) is 20.3. The van der Waals surface area contributed by atoms with Crippen molar-refractivity contribution >= 4 is 37.6 Å². The number of phenols is 1. The zero-order valence-electron chi connectivity index (χ0n) is 13.0. The fourth-order valence-electron chi connectivity index (χ4n) is 5.43. The molecule has 2 N–H and O–H groups in total. The van der Waals surface area contributed by atoms with Crippen molar-refractivity contribution in [1.82, 2.24) is 0 Å². The van der Waals surface area contributed by atoms with Crippen molar-refractivity contribution in [2.45, 2.75) is 51.0 Å². The Morgan fingerprint density at radius 3 is 2.78 bits per heavy atom. The number of aromatic hydroxyl groups is 1. The molecule has 3 aliphatic carbocycles. The first kappa shape index (κ1) is 16.1. The van der Waals surface area contributed by atoms with Crippen LogP contribution in [0.25, 0.3) is 0 Å². The van der Waals surface area contributed by atoms with E-state index < -0.39 is 6.10 Å². The number of benzene rings is 1. The van der Waals surface area contributed by atoms with Gasteiger partial charge in [0.05, 0.1) is 8.95 Å². The predicted molar refractivity (Wildman–Crippen MR) is 94.5 cm³/mol. The van der Waals surface area contributed by atoms with Gasteiger partial charge in [0.2, 0.25) is 0 Å². The van der Waals surface area contributed by atoms with E-state index in [1.54, 1.807) is 0 Å². The van der Waals surface area contributed by atoms with Crippen molar-refractivity contribution in [3.8, 4) is 5.75 Å². The first-order valence-corrected chi connectivity index (χ1v) is 9.85. The van der Waals surface area contributed by atoms with Crippen LogP contribution in [0, 0.1) is 17.3 Å². The Bertz CT molecular complexity index is 702. The summed E-state index contributed by atoms with van der Waals surface area (Å²) in [6.45, 7) is 2.06. The van der Waals surface area contributed by atoms with Gasteiger partial charge in [0, 0.05) is 5.41 Å². The lowest BCUT2D eigenvalue weighted by Crippen LogP contribution is -2.43. The van der Waals surface area contributed by atoms with Crippen molar-refractivity contribution in [3.05, 3.63) is 26.1 Å². The lowest BCUT2D eigenvalue weighted by molar-refractivity contribution is -0.134. The molecule has 0 amide bonds. The molecule has 3 nitrogen and oxygen atoms in total. The highest BCUT2D eigenvalue weighted by Crippen LogP contribution is 2.60. The largest absolute Gasteiger partial charge is 0.506 e. The monoisotopic (exact) mass is 442 g/mol. The summed E-state index contributed by atoms with van der Waals surface area (Å²) >= 11 is 7.00. The second-order valence-electron chi connectivity index (χ2n) is 7.58. The van der Waals surface area contributed by atoms with Crippen LogP contribution in [0.4, 0.5) is 0 Å². The predicted octanol–water partition coefficient (Wildman–Crippen LogP) is 4.31. The molecule has 0 spiro atoms. The van der Waals surface area contributed by atoms with Crippen LogP contribution in [0.1, 0.15) is 49.7 Å².